The number of carboxylic acids is 1. The third-order valence-electron chi connectivity index (χ3n) is 2.31. The normalized spacial score (nSPS) is 10.8. The Hall–Kier alpha value is -1.99. The van der Waals surface area contributed by atoms with E-state index in [0.29, 0.717) is 24.8 Å². The second kappa shape index (κ2) is 6.26. The van der Waals surface area contributed by atoms with E-state index in [1.54, 1.807) is 11.0 Å². The lowest BCUT2D eigenvalue weighted by Crippen LogP contribution is -2.29. The number of aliphatic carboxylic acids is 1. The van der Waals surface area contributed by atoms with Crippen molar-refractivity contribution >= 4 is 17.3 Å². The molecular weight excluding hydrogens is 266 g/mol. The standard InChI is InChI=1S/C12H13N3O3S/c1-2-5-15(8-11(16)17)7-10-13-12(18-14-10)9-4-3-6-19-9/h2-4,6H,1,5,7-8H2,(H,16,17). The molecule has 0 radical (unpaired) electrons. The quantitative estimate of drug-likeness (QED) is 0.779. The van der Waals surface area contributed by atoms with Crippen LogP contribution in [-0.2, 0) is 11.3 Å². The van der Waals surface area contributed by atoms with Gasteiger partial charge in [-0.3, -0.25) is 9.69 Å². The van der Waals surface area contributed by atoms with Crippen LogP contribution in [0, 0.1) is 0 Å². The van der Waals surface area contributed by atoms with Gasteiger partial charge >= 0.3 is 5.97 Å². The van der Waals surface area contributed by atoms with Crippen LogP contribution in [0.5, 0.6) is 0 Å². The molecule has 0 aliphatic heterocycles. The molecular formula is C12H13N3O3S. The maximum atomic E-state index is 10.7. The van der Waals surface area contributed by atoms with E-state index >= 15 is 0 Å². The van der Waals surface area contributed by atoms with E-state index in [4.69, 9.17) is 9.63 Å². The fourth-order valence-corrected chi connectivity index (χ4v) is 2.22. The third kappa shape index (κ3) is 3.73. The summed E-state index contributed by atoms with van der Waals surface area (Å²) in [7, 11) is 0. The van der Waals surface area contributed by atoms with Crippen molar-refractivity contribution in [1.29, 1.82) is 0 Å². The lowest BCUT2D eigenvalue weighted by Gasteiger charge is -2.15. The zero-order valence-electron chi connectivity index (χ0n) is 10.2. The van der Waals surface area contributed by atoms with Gasteiger partial charge in [0, 0.05) is 6.54 Å². The number of carbonyl (C=O) groups is 1. The predicted molar refractivity (Wildman–Crippen MR) is 70.7 cm³/mol. The topological polar surface area (TPSA) is 79.5 Å². The van der Waals surface area contributed by atoms with Crippen LogP contribution in [0.25, 0.3) is 10.8 Å². The molecule has 0 spiro atoms. The first-order valence-corrected chi connectivity index (χ1v) is 6.48. The van der Waals surface area contributed by atoms with Gasteiger partial charge in [-0.25, -0.2) is 0 Å². The lowest BCUT2D eigenvalue weighted by molar-refractivity contribution is -0.138. The monoisotopic (exact) mass is 279 g/mol. The Balaban J connectivity index is 2.05. The van der Waals surface area contributed by atoms with Crippen molar-refractivity contribution in [3.63, 3.8) is 0 Å². The highest BCUT2D eigenvalue weighted by atomic mass is 32.1. The van der Waals surface area contributed by atoms with E-state index < -0.39 is 5.97 Å². The summed E-state index contributed by atoms with van der Waals surface area (Å²) in [6, 6.07) is 3.79. The maximum Gasteiger partial charge on any atom is 0.317 e. The molecule has 7 heteroatoms. The molecule has 0 unspecified atom stereocenters. The highest BCUT2D eigenvalue weighted by Crippen LogP contribution is 2.22. The summed E-state index contributed by atoms with van der Waals surface area (Å²) in [5, 5.41) is 14.6. The van der Waals surface area contributed by atoms with Crippen LogP contribution in [0.3, 0.4) is 0 Å². The second-order valence-electron chi connectivity index (χ2n) is 3.85. The van der Waals surface area contributed by atoms with Crippen molar-refractivity contribution < 1.29 is 14.4 Å². The fourth-order valence-electron chi connectivity index (χ4n) is 1.58. The Morgan fingerprint density at radius 1 is 1.63 bits per heavy atom. The van der Waals surface area contributed by atoms with Crippen LogP contribution in [-0.4, -0.2) is 39.2 Å². The van der Waals surface area contributed by atoms with Gasteiger partial charge < -0.3 is 9.63 Å². The molecule has 2 aromatic heterocycles. The Morgan fingerprint density at radius 2 is 2.47 bits per heavy atom. The number of rotatable bonds is 7. The average molecular weight is 279 g/mol. The number of carboxylic acid groups (broad SMARTS) is 1. The van der Waals surface area contributed by atoms with E-state index in [1.165, 1.54) is 11.3 Å². The second-order valence-corrected chi connectivity index (χ2v) is 4.79. The average Bonchev–Trinajstić information content (AvgIpc) is 2.97. The van der Waals surface area contributed by atoms with E-state index in [1.807, 2.05) is 17.5 Å². The summed E-state index contributed by atoms with van der Waals surface area (Å²) >= 11 is 1.51. The largest absolute Gasteiger partial charge is 0.480 e. The molecule has 19 heavy (non-hydrogen) atoms. The van der Waals surface area contributed by atoms with Gasteiger partial charge in [-0.1, -0.05) is 17.3 Å². The van der Waals surface area contributed by atoms with Crippen molar-refractivity contribution in [2.24, 2.45) is 0 Å². The van der Waals surface area contributed by atoms with Gasteiger partial charge in [0.1, 0.15) is 0 Å². The van der Waals surface area contributed by atoms with Gasteiger partial charge in [0.15, 0.2) is 5.82 Å². The number of thiophene rings is 1. The van der Waals surface area contributed by atoms with E-state index in [-0.39, 0.29) is 6.54 Å². The van der Waals surface area contributed by atoms with Gasteiger partial charge in [-0.05, 0) is 11.4 Å². The summed E-state index contributed by atoms with van der Waals surface area (Å²) in [5.41, 5.74) is 0. The molecule has 0 saturated carbocycles. The fraction of sp³-hybridized carbons (Fsp3) is 0.250. The smallest absolute Gasteiger partial charge is 0.317 e. The van der Waals surface area contributed by atoms with Gasteiger partial charge in [-0.2, -0.15) is 4.98 Å². The molecule has 2 rings (SSSR count). The lowest BCUT2D eigenvalue weighted by atomic mass is 10.4. The molecule has 0 atom stereocenters. The Labute approximate surface area is 114 Å². The van der Waals surface area contributed by atoms with Crippen LogP contribution >= 0.6 is 11.3 Å². The molecule has 6 nitrogen and oxygen atoms in total. The first-order valence-electron chi connectivity index (χ1n) is 5.60. The van der Waals surface area contributed by atoms with Gasteiger partial charge in [0.05, 0.1) is 18.0 Å². The summed E-state index contributed by atoms with van der Waals surface area (Å²) < 4.78 is 5.14. The van der Waals surface area contributed by atoms with Crippen LogP contribution < -0.4 is 0 Å². The molecule has 2 heterocycles. The Morgan fingerprint density at radius 3 is 3.11 bits per heavy atom. The van der Waals surface area contributed by atoms with Crippen LogP contribution in [0.2, 0.25) is 0 Å². The van der Waals surface area contributed by atoms with Crippen LogP contribution in [0.4, 0.5) is 0 Å². The van der Waals surface area contributed by atoms with E-state index in [0.717, 1.165) is 4.88 Å². The highest BCUT2D eigenvalue weighted by molar-refractivity contribution is 7.13. The van der Waals surface area contributed by atoms with Crippen molar-refractivity contribution in [2.75, 3.05) is 13.1 Å². The number of aromatic nitrogens is 2. The van der Waals surface area contributed by atoms with E-state index in [2.05, 4.69) is 16.7 Å². The van der Waals surface area contributed by atoms with Crippen molar-refractivity contribution in [2.45, 2.75) is 6.54 Å². The molecule has 0 aliphatic carbocycles. The first-order chi connectivity index (χ1) is 9.19. The Kier molecular flexibility index (Phi) is 4.43. The van der Waals surface area contributed by atoms with Crippen LogP contribution in [0.15, 0.2) is 34.7 Å². The highest BCUT2D eigenvalue weighted by Gasteiger charge is 2.14. The minimum atomic E-state index is -0.899. The zero-order chi connectivity index (χ0) is 13.7. The summed E-state index contributed by atoms with van der Waals surface area (Å²) in [6.07, 6.45) is 1.64. The molecule has 0 saturated heterocycles. The summed E-state index contributed by atoms with van der Waals surface area (Å²) in [6.45, 7) is 4.28. The van der Waals surface area contributed by atoms with Gasteiger partial charge in [-0.15, -0.1) is 17.9 Å². The van der Waals surface area contributed by atoms with E-state index in [9.17, 15) is 4.79 Å². The molecule has 1 N–H and O–H groups in total. The maximum absolute atomic E-state index is 10.7. The minimum absolute atomic E-state index is 0.0884. The van der Waals surface area contributed by atoms with Crippen LogP contribution in [0.1, 0.15) is 5.82 Å². The van der Waals surface area contributed by atoms with Crippen molar-refractivity contribution in [3.8, 4) is 10.8 Å². The molecule has 100 valence electrons. The SMILES string of the molecule is C=CCN(CC(=O)O)Cc1noc(-c2cccs2)n1. The molecule has 2 aromatic rings. The predicted octanol–water partition coefficient (Wildman–Crippen LogP) is 1.87. The number of hydrogen-bond donors (Lipinski definition) is 1. The van der Waals surface area contributed by atoms with Crippen molar-refractivity contribution in [1.82, 2.24) is 15.0 Å². The van der Waals surface area contributed by atoms with Crippen molar-refractivity contribution in [3.05, 3.63) is 36.0 Å². The van der Waals surface area contributed by atoms with Gasteiger partial charge in [0.25, 0.3) is 5.89 Å². The number of nitrogens with zero attached hydrogens (tertiary/aromatic N) is 3. The summed E-state index contributed by atoms with van der Waals surface area (Å²) in [5.74, 6) is 0.0224. The summed E-state index contributed by atoms with van der Waals surface area (Å²) in [4.78, 5) is 17.5. The first kappa shape index (κ1) is 13.4. The van der Waals surface area contributed by atoms with Gasteiger partial charge in [0.2, 0.25) is 0 Å². The molecule has 0 amide bonds. The molecule has 0 aliphatic rings. The zero-order valence-corrected chi connectivity index (χ0v) is 11.0. The third-order valence-corrected chi connectivity index (χ3v) is 3.17. The molecule has 0 aromatic carbocycles. The Bertz CT molecular complexity index is 550. The molecule has 0 bridgehead atoms. The molecule has 0 fully saturated rings. The number of hydrogen-bond acceptors (Lipinski definition) is 6. The minimum Gasteiger partial charge on any atom is -0.480 e.